The number of nitrogens with one attached hydrogen (secondary N) is 2. The lowest BCUT2D eigenvalue weighted by atomic mass is 10.1. The van der Waals surface area contributed by atoms with Crippen molar-refractivity contribution in [1.82, 2.24) is 10.9 Å². The maximum Gasteiger partial charge on any atom is 0.276 e. The topological polar surface area (TPSA) is 67.4 Å². The zero-order valence-corrected chi connectivity index (χ0v) is 14.8. The molecule has 0 radical (unpaired) electrons. The minimum Gasteiger partial charge on any atom is -0.483 e. The number of carbonyl (C=O) groups excluding carboxylic acids is 2. The van der Waals surface area contributed by atoms with E-state index in [9.17, 15) is 9.59 Å². The number of amides is 2. The third-order valence-electron chi connectivity index (χ3n) is 3.33. The lowest BCUT2D eigenvalue weighted by Gasteiger charge is -2.10. The average Bonchev–Trinajstić information content (AvgIpc) is 2.58. The molecule has 0 saturated heterocycles. The largest absolute Gasteiger partial charge is 0.483 e. The number of benzene rings is 2. The maximum absolute atomic E-state index is 11.7. The van der Waals surface area contributed by atoms with Gasteiger partial charge in [-0.25, -0.2) is 0 Å². The van der Waals surface area contributed by atoms with Gasteiger partial charge in [-0.2, -0.15) is 0 Å². The smallest absolute Gasteiger partial charge is 0.276 e. The van der Waals surface area contributed by atoms with Crippen LogP contribution >= 0.6 is 11.6 Å². The molecule has 0 saturated carbocycles. The summed E-state index contributed by atoms with van der Waals surface area (Å²) in [5, 5.41) is 0.539. The number of hydrazine groups is 1. The van der Waals surface area contributed by atoms with Crippen LogP contribution in [0.1, 0.15) is 16.7 Å². The van der Waals surface area contributed by atoms with Gasteiger partial charge >= 0.3 is 0 Å². The van der Waals surface area contributed by atoms with E-state index in [0.717, 1.165) is 11.1 Å². The van der Waals surface area contributed by atoms with Gasteiger partial charge in [0.05, 0.1) is 0 Å². The Kier molecular flexibility index (Phi) is 6.60. The first-order valence-corrected chi connectivity index (χ1v) is 8.05. The van der Waals surface area contributed by atoms with Gasteiger partial charge in [-0.15, -0.1) is 0 Å². The molecule has 5 nitrogen and oxygen atoms in total. The van der Waals surface area contributed by atoms with Crippen LogP contribution in [0, 0.1) is 13.8 Å². The van der Waals surface area contributed by atoms with Gasteiger partial charge in [0.15, 0.2) is 6.61 Å². The summed E-state index contributed by atoms with van der Waals surface area (Å²) in [4.78, 5) is 23.4. The predicted molar refractivity (Wildman–Crippen MR) is 98.2 cm³/mol. The molecule has 2 aromatic carbocycles. The number of halogens is 1. The van der Waals surface area contributed by atoms with Crippen LogP contribution in [0.2, 0.25) is 5.02 Å². The van der Waals surface area contributed by atoms with Gasteiger partial charge in [0, 0.05) is 11.1 Å². The number of hydrogen-bond donors (Lipinski definition) is 2. The molecule has 0 aliphatic carbocycles. The standard InChI is InChI=1S/C19H19ClN2O3/c1-13-7-9-17(14(2)11-13)25-12-19(24)22-21-18(23)10-8-15-5-3-4-6-16(15)20/h3-11H,12H2,1-2H3,(H,21,23)(H,22,24). The lowest BCUT2D eigenvalue weighted by molar-refractivity contribution is -0.128. The summed E-state index contributed by atoms with van der Waals surface area (Å²) in [7, 11) is 0. The Bertz CT molecular complexity index is 803. The van der Waals surface area contributed by atoms with Gasteiger partial charge in [-0.05, 0) is 43.2 Å². The van der Waals surface area contributed by atoms with Crippen LogP contribution in [0.4, 0.5) is 0 Å². The van der Waals surface area contributed by atoms with Crippen molar-refractivity contribution < 1.29 is 14.3 Å². The molecule has 0 aliphatic heterocycles. The van der Waals surface area contributed by atoms with Gasteiger partial charge in [0.1, 0.15) is 5.75 Å². The summed E-state index contributed by atoms with van der Waals surface area (Å²) in [6, 6.07) is 12.8. The van der Waals surface area contributed by atoms with Crippen molar-refractivity contribution in [2.24, 2.45) is 0 Å². The maximum atomic E-state index is 11.7. The zero-order chi connectivity index (χ0) is 18.2. The Hall–Kier alpha value is -2.79. The summed E-state index contributed by atoms with van der Waals surface area (Å²) in [6.45, 7) is 3.69. The fourth-order valence-corrected chi connectivity index (χ4v) is 2.29. The highest BCUT2D eigenvalue weighted by Gasteiger charge is 2.06. The summed E-state index contributed by atoms with van der Waals surface area (Å²) in [6.07, 6.45) is 2.85. The van der Waals surface area contributed by atoms with Gasteiger partial charge in [-0.1, -0.05) is 47.5 Å². The van der Waals surface area contributed by atoms with Crippen LogP contribution in [-0.4, -0.2) is 18.4 Å². The quantitative estimate of drug-likeness (QED) is 0.637. The molecule has 0 heterocycles. The van der Waals surface area contributed by atoms with Crippen molar-refractivity contribution in [2.45, 2.75) is 13.8 Å². The average molecular weight is 359 g/mol. The number of aryl methyl sites for hydroxylation is 2. The normalized spacial score (nSPS) is 10.5. The van der Waals surface area contributed by atoms with Gasteiger partial charge in [0.25, 0.3) is 11.8 Å². The van der Waals surface area contributed by atoms with Gasteiger partial charge in [-0.3, -0.25) is 20.4 Å². The molecule has 2 amide bonds. The first-order chi connectivity index (χ1) is 12.0. The fourth-order valence-electron chi connectivity index (χ4n) is 2.09. The van der Waals surface area contributed by atoms with E-state index in [2.05, 4.69) is 10.9 Å². The van der Waals surface area contributed by atoms with E-state index in [1.807, 2.05) is 38.1 Å². The van der Waals surface area contributed by atoms with Crippen molar-refractivity contribution in [3.05, 3.63) is 70.3 Å². The number of carbonyl (C=O) groups is 2. The molecule has 0 fully saturated rings. The Morgan fingerprint density at radius 2 is 1.88 bits per heavy atom. The van der Waals surface area contributed by atoms with Crippen LogP contribution in [-0.2, 0) is 9.59 Å². The Labute approximate surface area is 151 Å². The minimum absolute atomic E-state index is 0.196. The SMILES string of the molecule is Cc1ccc(OCC(=O)NNC(=O)C=Cc2ccccc2Cl)c(C)c1. The van der Waals surface area contributed by atoms with E-state index in [1.165, 1.54) is 6.08 Å². The molecular formula is C19H19ClN2O3. The summed E-state index contributed by atoms with van der Waals surface area (Å²) in [5.74, 6) is -0.301. The highest BCUT2D eigenvalue weighted by molar-refractivity contribution is 6.32. The van der Waals surface area contributed by atoms with Crippen molar-refractivity contribution in [3.63, 3.8) is 0 Å². The third-order valence-corrected chi connectivity index (χ3v) is 3.68. The second-order valence-corrected chi connectivity index (χ2v) is 5.86. The Balaban J connectivity index is 1.77. The molecule has 25 heavy (non-hydrogen) atoms. The van der Waals surface area contributed by atoms with Crippen molar-refractivity contribution in [3.8, 4) is 5.75 Å². The molecule has 0 unspecified atom stereocenters. The van der Waals surface area contributed by atoms with Crippen molar-refractivity contribution in [1.29, 1.82) is 0 Å². The summed E-state index contributed by atoms with van der Waals surface area (Å²) < 4.78 is 5.43. The molecule has 130 valence electrons. The number of ether oxygens (including phenoxy) is 1. The third kappa shape index (κ3) is 5.97. The molecule has 2 N–H and O–H groups in total. The van der Waals surface area contributed by atoms with Gasteiger partial charge in [0.2, 0.25) is 0 Å². The van der Waals surface area contributed by atoms with E-state index < -0.39 is 11.8 Å². The molecule has 0 bridgehead atoms. The molecular weight excluding hydrogens is 340 g/mol. The van der Waals surface area contributed by atoms with Gasteiger partial charge < -0.3 is 4.74 Å². The minimum atomic E-state index is -0.472. The highest BCUT2D eigenvalue weighted by atomic mass is 35.5. The first-order valence-electron chi connectivity index (χ1n) is 7.67. The highest BCUT2D eigenvalue weighted by Crippen LogP contribution is 2.18. The zero-order valence-electron chi connectivity index (χ0n) is 14.0. The summed E-state index contributed by atoms with van der Waals surface area (Å²) >= 11 is 5.99. The number of rotatable bonds is 5. The second kappa shape index (κ2) is 8.89. The fraction of sp³-hybridized carbons (Fsp3) is 0.158. The van der Waals surface area contributed by atoms with E-state index >= 15 is 0 Å². The van der Waals surface area contributed by atoms with Crippen LogP contribution in [0.25, 0.3) is 6.08 Å². The molecule has 6 heteroatoms. The molecule has 0 spiro atoms. The van der Waals surface area contributed by atoms with E-state index in [0.29, 0.717) is 16.3 Å². The van der Waals surface area contributed by atoms with E-state index in [-0.39, 0.29) is 6.61 Å². The summed E-state index contributed by atoms with van der Waals surface area (Å²) in [5.41, 5.74) is 7.34. The lowest BCUT2D eigenvalue weighted by Crippen LogP contribution is -2.43. The Morgan fingerprint density at radius 3 is 2.60 bits per heavy atom. The molecule has 0 aliphatic rings. The van der Waals surface area contributed by atoms with Crippen molar-refractivity contribution in [2.75, 3.05) is 6.61 Å². The first kappa shape index (κ1) is 18.5. The van der Waals surface area contributed by atoms with E-state index in [1.54, 1.807) is 24.3 Å². The molecule has 2 rings (SSSR count). The van der Waals surface area contributed by atoms with E-state index in [4.69, 9.17) is 16.3 Å². The van der Waals surface area contributed by atoms with Crippen molar-refractivity contribution >= 4 is 29.5 Å². The van der Waals surface area contributed by atoms with Crippen LogP contribution in [0.5, 0.6) is 5.75 Å². The van der Waals surface area contributed by atoms with Crippen LogP contribution in [0.3, 0.4) is 0 Å². The Morgan fingerprint density at radius 1 is 1.12 bits per heavy atom. The molecule has 0 atom stereocenters. The monoisotopic (exact) mass is 358 g/mol. The second-order valence-electron chi connectivity index (χ2n) is 5.45. The number of hydrogen-bond acceptors (Lipinski definition) is 3. The van der Waals surface area contributed by atoms with Crippen LogP contribution in [0.15, 0.2) is 48.5 Å². The molecule has 2 aromatic rings. The predicted octanol–water partition coefficient (Wildman–Crippen LogP) is 3.20. The van der Waals surface area contributed by atoms with Crippen LogP contribution < -0.4 is 15.6 Å². The molecule has 0 aromatic heterocycles.